The number of hydrogen-bond acceptors (Lipinski definition) is 7. The smallest absolute Gasteiger partial charge is 0.286 e. The Morgan fingerprint density at radius 2 is 1.81 bits per heavy atom. The fourth-order valence-electron chi connectivity index (χ4n) is 2.03. The van der Waals surface area contributed by atoms with Crippen molar-refractivity contribution in [1.29, 1.82) is 0 Å². The summed E-state index contributed by atoms with van der Waals surface area (Å²) < 4.78 is 5.06. The molecule has 0 radical (unpaired) electrons. The zero-order chi connectivity index (χ0) is 18.4. The van der Waals surface area contributed by atoms with Crippen molar-refractivity contribution < 1.29 is 14.3 Å². The molecule has 0 unspecified atom stereocenters. The average molecular weight is 369 g/mol. The molecule has 3 aromatic rings. The van der Waals surface area contributed by atoms with E-state index < -0.39 is 11.8 Å². The van der Waals surface area contributed by atoms with Gasteiger partial charge in [0.25, 0.3) is 11.8 Å². The number of ether oxygens (including phenoxy) is 1. The molecule has 0 aliphatic rings. The maximum atomic E-state index is 12.2. The molecule has 0 fully saturated rings. The predicted molar refractivity (Wildman–Crippen MR) is 96.3 cm³/mol. The summed E-state index contributed by atoms with van der Waals surface area (Å²) in [5.74, 6) is -0.139. The molecule has 0 aliphatic heterocycles. The summed E-state index contributed by atoms with van der Waals surface area (Å²) in [6.07, 6.45) is 3.32. The van der Waals surface area contributed by atoms with Gasteiger partial charge in [0.1, 0.15) is 5.75 Å². The Bertz CT molecular complexity index is 896. The van der Waals surface area contributed by atoms with E-state index in [0.717, 1.165) is 16.9 Å². The molecule has 0 aliphatic carbocycles. The van der Waals surface area contributed by atoms with Crippen LogP contribution >= 0.6 is 11.3 Å². The number of benzene rings is 1. The Kier molecular flexibility index (Phi) is 5.49. The van der Waals surface area contributed by atoms with Crippen LogP contribution in [0.15, 0.2) is 48.8 Å². The molecule has 0 saturated heterocycles. The Hall–Kier alpha value is -3.33. The predicted octanol–water partition coefficient (Wildman–Crippen LogP) is 2.12. The highest BCUT2D eigenvalue weighted by molar-refractivity contribution is 7.15. The number of hydrogen-bond donors (Lipinski definition) is 2. The molecular formula is C17H15N5O3S. The van der Waals surface area contributed by atoms with E-state index in [4.69, 9.17) is 4.74 Å². The van der Waals surface area contributed by atoms with Crippen molar-refractivity contribution in [3.8, 4) is 5.75 Å². The van der Waals surface area contributed by atoms with Gasteiger partial charge in [0.2, 0.25) is 10.0 Å². The maximum Gasteiger partial charge on any atom is 0.286 e. The lowest BCUT2D eigenvalue weighted by molar-refractivity contribution is 0.0948. The van der Waals surface area contributed by atoms with Crippen LogP contribution in [0, 0.1) is 0 Å². The van der Waals surface area contributed by atoms with Gasteiger partial charge in [-0.3, -0.25) is 14.6 Å². The van der Waals surface area contributed by atoms with E-state index in [0.29, 0.717) is 18.0 Å². The van der Waals surface area contributed by atoms with Crippen molar-refractivity contribution in [2.45, 2.75) is 6.54 Å². The van der Waals surface area contributed by atoms with Crippen LogP contribution in [0.3, 0.4) is 0 Å². The van der Waals surface area contributed by atoms with Crippen molar-refractivity contribution in [1.82, 2.24) is 20.5 Å². The first-order chi connectivity index (χ1) is 12.7. The van der Waals surface area contributed by atoms with E-state index in [1.807, 2.05) is 6.07 Å². The van der Waals surface area contributed by atoms with E-state index in [9.17, 15) is 9.59 Å². The quantitative estimate of drug-likeness (QED) is 0.689. The molecule has 0 saturated carbocycles. The van der Waals surface area contributed by atoms with Crippen LogP contribution in [0.2, 0.25) is 0 Å². The van der Waals surface area contributed by atoms with Gasteiger partial charge in [-0.1, -0.05) is 17.4 Å². The molecule has 8 nitrogen and oxygen atoms in total. The van der Waals surface area contributed by atoms with Gasteiger partial charge in [-0.05, 0) is 35.9 Å². The van der Waals surface area contributed by atoms with Crippen LogP contribution < -0.4 is 15.4 Å². The van der Waals surface area contributed by atoms with Crippen molar-refractivity contribution >= 4 is 28.8 Å². The Morgan fingerprint density at radius 3 is 2.46 bits per heavy atom. The zero-order valence-corrected chi connectivity index (χ0v) is 14.6. The SMILES string of the molecule is COc1ccc(NC(=O)c2nnc(C(=O)NCc3cccnc3)s2)cc1. The van der Waals surface area contributed by atoms with Crippen molar-refractivity contribution in [3.05, 3.63) is 64.4 Å². The van der Waals surface area contributed by atoms with E-state index >= 15 is 0 Å². The summed E-state index contributed by atoms with van der Waals surface area (Å²) in [7, 11) is 1.57. The number of anilines is 1. The van der Waals surface area contributed by atoms with Crippen molar-refractivity contribution in [2.75, 3.05) is 12.4 Å². The van der Waals surface area contributed by atoms with Gasteiger partial charge in [-0.25, -0.2) is 0 Å². The molecule has 0 spiro atoms. The van der Waals surface area contributed by atoms with E-state index in [-0.39, 0.29) is 10.0 Å². The fourth-order valence-corrected chi connectivity index (χ4v) is 2.68. The van der Waals surface area contributed by atoms with Crippen molar-refractivity contribution in [3.63, 3.8) is 0 Å². The standard InChI is InChI=1S/C17H15N5O3S/c1-25-13-6-4-12(5-7-13)20-15(24)17-22-21-16(26-17)14(23)19-10-11-3-2-8-18-9-11/h2-9H,10H2,1H3,(H,19,23)(H,20,24). The Morgan fingerprint density at radius 1 is 1.08 bits per heavy atom. The minimum absolute atomic E-state index is 0.104. The lowest BCUT2D eigenvalue weighted by Gasteiger charge is -2.04. The molecular weight excluding hydrogens is 354 g/mol. The zero-order valence-electron chi connectivity index (χ0n) is 13.8. The highest BCUT2D eigenvalue weighted by Gasteiger charge is 2.17. The number of amides is 2. The van der Waals surface area contributed by atoms with Crippen LogP contribution in [0.25, 0.3) is 0 Å². The lowest BCUT2D eigenvalue weighted by atomic mass is 10.3. The molecule has 26 heavy (non-hydrogen) atoms. The van der Waals surface area contributed by atoms with Gasteiger partial charge in [-0.15, -0.1) is 10.2 Å². The first kappa shape index (κ1) is 17.5. The maximum absolute atomic E-state index is 12.2. The van der Waals surface area contributed by atoms with E-state index in [1.54, 1.807) is 49.8 Å². The number of rotatable bonds is 6. The molecule has 0 bridgehead atoms. The third-order valence-electron chi connectivity index (χ3n) is 3.34. The van der Waals surface area contributed by atoms with Gasteiger partial charge in [0.15, 0.2) is 0 Å². The third-order valence-corrected chi connectivity index (χ3v) is 4.26. The second-order valence-corrected chi connectivity index (χ2v) is 6.12. The lowest BCUT2D eigenvalue weighted by Crippen LogP contribution is -2.22. The van der Waals surface area contributed by atoms with Gasteiger partial charge in [0.05, 0.1) is 7.11 Å². The largest absolute Gasteiger partial charge is 0.497 e. The topological polar surface area (TPSA) is 106 Å². The highest BCUT2D eigenvalue weighted by atomic mass is 32.1. The van der Waals surface area contributed by atoms with Gasteiger partial charge < -0.3 is 15.4 Å². The summed E-state index contributed by atoms with van der Waals surface area (Å²) >= 11 is 0.925. The van der Waals surface area contributed by atoms with Crippen LogP contribution in [0.1, 0.15) is 25.2 Å². The van der Waals surface area contributed by atoms with Crippen LogP contribution in [0.5, 0.6) is 5.75 Å². The van der Waals surface area contributed by atoms with Crippen molar-refractivity contribution in [2.24, 2.45) is 0 Å². The van der Waals surface area contributed by atoms with Gasteiger partial charge >= 0.3 is 0 Å². The molecule has 2 aromatic heterocycles. The van der Waals surface area contributed by atoms with Crippen LogP contribution in [-0.4, -0.2) is 34.1 Å². The van der Waals surface area contributed by atoms with Gasteiger partial charge in [-0.2, -0.15) is 0 Å². The number of pyridine rings is 1. The molecule has 1 aromatic carbocycles. The minimum Gasteiger partial charge on any atom is -0.497 e. The molecule has 2 heterocycles. The second-order valence-electron chi connectivity index (χ2n) is 5.14. The molecule has 3 rings (SSSR count). The first-order valence-corrected chi connectivity index (χ1v) is 8.43. The minimum atomic E-state index is -0.432. The number of methoxy groups -OCH3 is 1. The van der Waals surface area contributed by atoms with Crippen LogP contribution in [-0.2, 0) is 6.54 Å². The van der Waals surface area contributed by atoms with Gasteiger partial charge in [0, 0.05) is 24.6 Å². The number of aromatic nitrogens is 3. The van der Waals surface area contributed by atoms with E-state index in [1.165, 1.54) is 0 Å². The summed E-state index contributed by atoms with van der Waals surface area (Å²) in [6, 6.07) is 10.5. The summed E-state index contributed by atoms with van der Waals surface area (Å²) in [5, 5.41) is 13.2. The Labute approximate surface area is 153 Å². The molecule has 132 valence electrons. The number of carbonyl (C=O) groups is 2. The average Bonchev–Trinajstić information content (AvgIpc) is 3.18. The summed E-state index contributed by atoms with van der Waals surface area (Å²) in [4.78, 5) is 28.3. The number of nitrogens with zero attached hydrogens (tertiary/aromatic N) is 3. The monoisotopic (exact) mass is 369 g/mol. The Balaban J connectivity index is 1.59. The number of carbonyl (C=O) groups excluding carboxylic acids is 2. The molecule has 2 N–H and O–H groups in total. The molecule has 0 atom stereocenters. The third kappa shape index (κ3) is 4.39. The second kappa shape index (κ2) is 8.17. The van der Waals surface area contributed by atoms with Crippen LogP contribution in [0.4, 0.5) is 5.69 Å². The summed E-state index contributed by atoms with van der Waals surface area (Å²) in [5.41, 5.74) is 1.46. The molecule has 9 heteroatoms. The first-order valence-electron chi connectivity index (χ1n) is 7.61. The highest BCUT2D eigenvalue weighted by Crippen LogP contribution is 2.17. The van der Waals surface area contributed by atoms with E-state index in [2.05, 4.69) is 25.8 Å². The summed E-state index contributed by atoms with van der Waals surface area (Å²) in [6.45, 7) is 0.319. The molecule has 2 amide bonds. The fraction of sp³-hybridized carbons (Fsp3) is 0.118. The number of nitrogens with one attached hydrogen (secondary N) is 2. The normalized spacial score (nSPS) is 10.2.